The number of hydrogen-bond donors (Lipinski definition) is 3. The summed E-state index contributed by atoms with van der Waals surface area (Å²) in [7, 11) is 0. The zero-order chi connectivity index (χ0) is 19.8. The molecule has 1 amide bonds. The number of aliphatic imine (C=N–C) groups is 1. The molecule has 1 atom stereocenters. The number of aldehydes is 1. The molecule has 1 heterocycles. The molecule has 3 N–H and O–H groups in total. The summed E-state index contributed by atoms with van der Waals surface area (Å²) in [6.45, 7) is 13.9. The zero-order valence-corrected chi connectivity index (χ0v) is 17.1. The van der Waals surface area contributed by atoms with E-state index in [0.29, 0.717) is 30.8 Å². The van der Waals surface area contributed by atoms with Crippen molar-refractivity contribution in [2.45, 2.75) is 71.9 Å². The van der Waals surface area contributed by atoms with E-state index in [2.05, 4.69) is 34.8 Å². The third kappa shape index (κ3) is 9.17. The van der Waals surface area contributed by atoms with Gasteiger partial charge in [-0.3, -0.25) is 10.3 Å². The number of amides is 1. The normalized spacial score (nSPS) is 19.0. The summed E-state index contributed by atoms with van der Waals surface area (Å²) in [4.78, 5) is 28.4. The highest BCUT2D eigenvalue weighted by atomic mass is 16.6. The number of piperidine rings is 1. The summed E-state index contributed by atoms with van der Waals surface area (Å²) >= 11 is 0. The van der Waals surface area contributed by atoms with E-state index in [4.69, 9.17) is 4.74 Å². The molecule has 7 heteroatoms. The van der Waals surface area contributed by atoms with Crippen LogP contribution in [0.1, 0.15) is 60.8 Å². The molecule has 0 aliphatic carbocycles. The predicted octanol–water partition coefficient (Wildman–Crippen LogP) is 2.46. The molecular weight excluding hydrogens is 332 g/mol. The minimum Gasteiger partial charge on any atom is -0.444 e. The van der Waals surface area contributed by atoms with Gasteiger partial charge in [-0.25, -0.2) is 4.79 Å². The van der Waals surface area contributed by atoms with E-state index in [-0.39, 0.29) is 0 Å². The Labute approximate surface area is 157 Å². The van der Waals surface area contributed by atoms with Crippen LogP contribution in [0.3, 0.4) is 0 Å². The highest BCUT2D eigenvalue weighted by molar-refractivity contribution is 5.95. The molecule has 0 aromatic carbocycles. The van der Waals surface area contributed by atoms with Crippen molar-refractivity contribution in [3.8, 4) is 0 Å². The third-order valence-corrected chi connectivity index (χ3v) is 4.08. The van der Waals surface area contributed by atoms with Gasteiger partial charge in [0, 0.05) is 6.54 Å². The van der Waals surface area contributed by atoms with Gasteiger partial charge in [0.15, 0.2) is 0 Å². The minimum absolute atomic E-state index is 0.299. The molecule has 7 nitrogen and oxygen atoms in total. The van der Waals surface area contributed by atoms with Crippen LogP contribution < -0.4 is 16.0 Å². The van der Waals surface area contributed by atoms with Crippen molar-refractivity contribution in [2.24, 2.45) is 16.8 Å². The van der Waals surface area contributed by atoms with Crippen LogP contribution in [0.2, 0.25) is 0 Å². The first-order valence-corrected chi connectivity index (χ1v) is 9.52. The standard InChI is InChI=1S/C19H36N4O3/c1-14(2)11-19(6,13-24)23-16(22-17(25)26-18(3,4)5)21-12-15-7-9-20-10-8-15/h13-15,20H,7-12H2,1-6H3,(H2,21,22,23,25). The van der Waals surface area contributed by atoms with Crippen LogP contribution in [0.4, 0.5) is 4.79 Å². The summed E-state index contributed by atoms with van der Waals surface area (Å²) in [5.41, 5.74) is -1.40. The molecule has 0 spiro atoms. The number of guanidine groups is 1. The Morgan fingerprint density at radius 3 is 2.38 bits per heavy atom. The van der Waals surface area contributed by atoms with E-state index >= 15 is 0 Å². The van der Waals surface area contributed by atoms with Crippen LogP contribution in [0.15, 0.2) is 4.99 Å². The Kier molecular flexibility index (Phi) is 8.53. The molecule has 1 rings (SSSR count). The Bertz CT molecular complexity index is 494. The number of carbonyl (C=O) groups is 2. The van der Waals surface area contributed by atoms with Crippen LogP contribution in [0.5, 0.6) is 0 Å². The number of ether oxygens (including phenoxy) is 1. The number of rotatable bonds is 6. The summed E-state index contributed by atoms with van der Waals surface area (Å²) in [6, 6.07) is 0. The topological polar surface area (TPSA) is 91.8 Å². The Hall–Kier alpha value is -1.63. The lowest BCUT2D eigenvalue weighted by Gasteiger charge is -2.29. The van der Waals surface area contributed by atoms with Gasteiger partial charge in [0.25, 0.3) is 0 Å². The van der Waals surface area contributed by atoms with Crippen LogP contribution in [-0.2, 0) is 9.53 Å². The van der Waals surface area contributed by atoms with E-state index in [0.717, 1.165) is 32.2 Å². The SMILES string of the molecule is CC(C)CC(C)(C=O)NC(=NCC1CCNCC1)NC(=O)OC(C)(C)C. The summed E-state index contributed by atoms with van der Waals surface area (Å²) < 4.78 is 5.32. The van der Waals surface area contributed by atoms with E-state index in [9.17, 15) is 9.59 Å². The van der Waals surface area contributed by atoms with Gasteiger partial charge in [0.05, 0.1) is 5.54 Å². The number of nitrogens with one attached hydrogen (secondary N) is 3. The van der Waals surface area contributed by atoms with E-state index in [1.165, 1.54) is 0 Å². The van der Waals surface area contributed by atoms with Gasteiger partial charge >= 0.3 is 6.09 Å². The quantitative estimate of drug-likeness (QED) is 0.380. The van der Waals surface area contributed by atoms with Crippen molar-refractivity contribution in [3.63, 3.8) is 0 Å². The van der Waals surface area contributed by atoms with E-state index in [1.807, 2.05) is 6.92 Å². The fourth-order valence-corrected chi connectivity index (χ4v) is 3.04. The number of alkyl carbamates (subject to hydrolysis) is 1. The van der Waals surface area contributed by atoms with E-state index in [1.54, 1.807) is 20.8 Å². The molecule has 0 radical (unpaired) electrons. The van der Waals surface area contributed by atoms with Gasteiger partial charge in [-0.1, -0.05) is 13.8 Å². The first-order chi connectivity index (χ1) is 12.0. The van der Waals surface area contributed by atoms with Gasteiger partial charge in [-0.15, -0.1) is 0 Å². The fourth-order valence-electron chi connectivity index (χ4n) is 3.04. The van der Waals surface area contributed by atoms with Gasteiger partial charge in [0.1, 0.15) is 11.9 Å². The van der Waals surface area contributed by atoms with E-state index < -0.39 is 17.2 Å². The molecule has 0 aromatic heterocycles. The summed E-state index contributed by atoms with van der Waals surface area (Å²) in [5.74, 6) is 1.10. The molecule has 1 aliphatic rings. The van der Waals surface area contributed by atoms with Crippen molar-refractivity contribution in [2.75, 3.05) is 19.6 Å². The fraction of sp³-hybridized carbons (Fsp3) is 0.842. The summed E-state index contributed by atoms with van der Waals surface area (Å²) in [6.07, 6.45) is 3.05. The lowest BCUT2D eigenvalue weighted by molar-refractivity contribution is -0.112. The smallest absolute Gasteiger partial charge is 0.414 e. The van der Waals surface area contributed by atoms with Crippen LogP contribution >= 0.6 is 0 Å². The molecule has 1 unspecified atom stereocenters. The Balaban J connectivity index is 2.84. The maximum absolute atomic E-state index is 12.2. The lowest BCUT2D eigenvalue weighted by Crippen LogP contribution is -2.54. The monoisotopic (exact) mass is 368 g/mol. The van der Waals surface area contributed by atoms with Gasteiger partial charge in [-0.2, -0.15) is 0 Å². The molecule has 150 valence electrons. The maximum atomic E-state index is 12.2. The molecule has 1 saturated heterocycles. The average molecular weight is 369 g/mol. The van der Waals surface area contributed by atoms with Gasteiger partial charge in [0.2, 0.25) is 5.96 Å². The highest BCUT2D eigenvalue weighted by Crippen LogP contribution is 2.15. The van der Waals surface area contributed by atoms with Crippen molar-refractivity contribution in [3.05, 3.63) is 0 Å². The lowest BCUT2D eigenvalue weighted by atomic mass is 9.92. The highest BCUT2D eigenvalue weighted by Gasteiger charge is 2.28. The molecule has 1 aliphatic heterocycles. The first kappa shape index (κ1) is 22.4. The second-order valence-electron chi connectivity index (χ2n) is 8.77. The van der Waals surface area contributed by atoms with Crippen LogP contribution in [-0.4, -0.2) is 49.1 Å². The van der Waals surface area contributed by atoms with Gasteiger partial charge in [-0.05, 0) is 71.9 Å². The molecule has 0 saturated carbocycles. The largest absolute Gasteiger partial charge is 0.444 e. The van der Waals surface area contributed by atoms with Crippen LogP contribution in [0, 0.1) is 11.8 Å². The molecular formula is C19H36N4O3. The second kappa shape index (κ2) is 9.90. The maximum Gasteiger partial charge on any atom is 0.414 e. The van der Waals surface area contributed by atoms with Crippen molar-refractivity contribution in [1.82, 2.24) is 16.0 Å². The van der Waals surface area contributed by atoms with Crippen molar-refractivity contribution >= 4 is 18.3 Å². The first-order valence-electron chi connectivity index (χ1n) is 9.52. The number of carbonyl (C=O) groups excluding carboxylic acids is 2. The Morgan fingerprint density at radius 2 is 1.88 bits per heavy atom. The predicted molar refractivity (Wildman–Crippen MR) is 104 cm³/mol. The summed E-state index contributed by atoms with van der Waals surface area (Å²) in [5, 5.41) is 9.13. The van der Waals surface area contributed by atoms with Gasteiger partial charge < -0.3 is 20.2 Å². The third-order valence-electron chi connectivity index (χ3n) is 4.08. The molecule has 0 aromatic rings. The minimum atomic E-state index is -0.796. The Morgan fingerprint density at radius 1 is 1.27 bits per heavy atom. The molecule has 1 fully saturated rings. The second-order valence-corrected chi connectivity index (χ2v) is 8.77. The molecule has 26 heavy (non-hydrogen) atoms. The van der Waals surface area contributed by atoms with Crippen molar-refractivity contribution < 1.29 is 14.3 Å². The molecule has 0 bridgehead atoms. The average Bonchev–Trinajstić information content (AvgIpc) is 2.51. The number of nitrogens with zero attached hydrogens (tertiary/aromatic N) is 1. The van der Waals surface area contributed by atoms with Crippen LogP contribution in [0.25, 0.3) is 0 Å². The number of hydrogen-bond acceptors (Lipinski definition) is 5. The van der Waals surface area contributed by atoms with Crippen molar-refractivity contribution in [1.29, 1.82) is 0 Å². The zero-order valence-electron chi connectivity index (χ0n) is 17.1.